The van der Waals surface area contributed by atoms with Crippen molar-refractivity contribution >= 4 is 15.9 Å². The SMILES string of the molecule is CCOc1cc(CNC(C)CC)cc(Br)c1OCC. The first-order valence-corrected chi connectivity index (χ1v) is 7.72. The molecule has 0 saturated carbocycles. The third kappa shape index (κ3) is 5.03. The maximum absolute atomic E-state index is 5.66. The highest BCUT2D eigenvalue weighted by Gasteiger charge is 2.12. The van der Waals surface area contributed by atoms with E-state index in [-0.39, 0.29) is 0 Å². The van der Waals surface area contributed by atoms with E-state index in [1.54, 1.807) is 0 Å². The molecule has 0 radical (unpaired) electrons. The molecule has 3 nitrogen and oxygen atoms in total. The Hall–Kier alpha value is -0.740. The van der Waals surface area contributed by atoms with Gasteiger partial charge in [-0.05, 0) is 60.8 Å². The maximum Gasteiger partial charge on any atom is 0.175 e. The van der Waals surface area contributed by atoms with E-state index in [1.807, 2.05) is 13.8 Å². The van der Waals surface area contributed by atoms with Gasteiger partial charge in [0.05, 0.1) is 17.7 Å². The summed E-state index contributed by atoms with van der Waals surface area (Å²) in [6.45, 7) is 10.4. The molecule has 108 valence electrons. The predicted octanol–water partition coefficient (Wildman–Crippen LogP) is 4.13. The van der Waals surface area contributed by atoms with Gasteiger partial charge in [0.25, 0.3) is 0 Å². The van der Waals surface area contributed by atoms with Crippen LogP contribution in [0.3, 0.4) is 0 Å². The normalized spacial score (nSPS) is 12.3. The Balaban J connectivity index is 2.89. The van der Waals surface area contributed by atoms with Gasteiger partial charge in [-0.2, -0.15) is 0 Å². The Morgan fingerprint density at radius 3 is 2.42 bits per heavy atom. The highest BCUT2D eigenvalue weighted by molar-refractivity contribution is 9.10. The molecule has 4 heteroatoms. The summed E-state index contributed by atoms with van der Waals surface area (Å²) in [5.74, 6) is 1.59. The van der Waals surface area contributed by atoms with Gasteiger partial charge in [-0.1, -0.05) is 6.92 Å². The van der Waals surface area contributed by atoms with Crippen LogP contribution in [0, 0.1) is 0 Å². The molecule has 0 spiro atoms. The number of rotatable bonds is 8. The molecule has 1 aromatic rings. The fourth-order valence-corrected chi connectivity index (χ4v) is 2.31. The fraction of sp³-hybridized carbons (Fsp3) is 0.600. The van der Waals surface area contributed by atoms with Crippen molar-refractivity contribution in [3.63, 3.8) is 0 Å². The van der Waals surface area contributed by atoms with Gasteiger partial charge in [0.2, 0.25) is 0 Å². The monoisotopic (exact) mass is 329 g/mol. The van der Waals surface area contributed by atoms with E-state index in [1.165, 1.54) is 5.56 Å². The van der Waals surface area contributed by atoms with Gasteiger partial charge < -0.3 is 14.8 Å². The molecule has 0 bridgehead atoms. The molecule has 1 unspecified atom stereocenters. The van der Waals surface area contributed by atoms with Crippen LogP contribution in [0.2, 0.25) is 0 Å². The second kappa shape index (κ2) is 8.43. The molecule has 1 atom stereocenters. The molecule has 1 N–H and O–H groups in total. The molecule has 1 rings (SSSR count). The van der Waals surface area contributed by atoms with Gasteiger partial charge >= 0.3 is 0 Å². The van der Waals surface area contributed by atoms with Crippen LogP contribution < -0.4 is 14.8 Å². The molecular weight excluding hydrogens is 306 g/mol. The lowest BCUT2D eigenvalue weighted by atomic mass is 10.1. The fourth-order valence-electron chi connectivity index (χ4n) is 1.71. The molecule has 0 aliphatic heterocycles. The number of halogens is 1. The molecule has 0 aromatic heterocycles. The first kappa shape index (κ1) is 16.3. The van der Waals surface area contributed by atoms with Crippen LogP contribution in [0.4, 0.5) is 0 Å². The van der Waals surface area contributed by atoms with Crippen molar-refractivity contribution < 1.29 is 9.47 Å². The summed E-state index contributed by atoms with van der Waals surface area (Å²) < 4.78 is 12.2. The first-order chi connectivity index (χ1) is 9.12. The van der Waals surface area contributed by atoms with Crippen LogP contribution >= 0.6 is 15.9 Å². The molecule has 1 aromatic carbocycles. The summed E-state index contributed by atoms with van der Waals surface area (Å²) in [7, 11) is 0. The van der Waals surface area contributed by atoms with E-state index in [0.29, 0.717) is 19.3 Å². The van der Waals surface area contributed by atoms with E-state index in [0.717, 1.165) is 28.9 Å². The maximum atomic E-state index is 5.66. The topological polar surface area (TPSA) is 30.5 Å². The van der Waals surface area contributed by atoms with Crippen molar-refractivity contribution in [3.05, 3.63) is 22.2 Å². The Kier molecular flexibility index (Phi) is 7.24. The van der Waals surface area contributed by atoms with Crippen molar-refractivity contribution in [1.29, 1.82) is 0 Å². The first-order valence-electron chi connectivity index (χ1n) is 6.93. The highest BCUT2D eigenvalue weighted by Crippen LogP contribution is 2.36. The zero-order valence-electron chi connectivity index (χ0n) is 12.3. The van der Waals surface area contributed by atoms with Crippen LogP contribution in [0.1, 0.15) is 39.7 Å². The largest absolute Gasteiger partial charge is 0.490 e. The van der Waals surface area contributed by atoms with Gasteiger partial charge in [-0.3, -0.25) is 0 Å². The van der Waals surface area contributed by atoms with Crippen molar-refractivity contribution in [2.45, 2.75) is 46.7 Å². The predicted molar refractivity (Wildman–Crippen MR) is 83.1 cm³/mol. The van der Waals surface area contributed by atoms with E-state index in [2.05, 4.69) is 47.2 Å². The minimum atomic E-state index is 0.515. The van der Waals surface area contributed by atoms with Crippen LogP contribution in [0.25, 0.3) is 0 Å². The smallest absolute Gasteiger partial charge is 0.175 e. The second-order valence-corrected chi connectivity index (χ2v) is 5.32. The quantitative estimate of drug-likeness (QED) is 0.777. The van der Waals surface area contributed by atoms with Crippen LogP contribution in [-0.4, -0.2) is 19.3 Å². The Morgan fingerprint density at radius 2 is 1.84 bits per heavy atom. The number of nitrogens with one attached hydrogen (secondary N) is 1. The van der Waals surface area contributed by atoms with E-state index < -0.39 is 0 Å². The van der Waals surface area contributed by atoms with Crippen molar-refractivity contribution in [2.75, 3.05) is 13.2 Å². The van der Waals surface area contributed by atoms with E-state index in [4.69, 9.17) is 9.47 Å². The molecule has 0 amide bonds. The average Bonchev–Trinajstić information content (AvgIpc) is 2.40. The van der Waals surface area contributed by atoms with Gasteiger partial charge in [-0.25, -0.2) is 0 Å². The Bertz CT molecular complexity index is 396. The van der Waals surface area contributed by atoms with Gasteiger partial charge in [0.1, 0.15) is 0 Å². The molecule has 19 heavy (non-hydrogen) atoms. The number of benzene rings is 1. The number of ether oxygens (including phenoxy) is 2. The third-order valence-corrected chi connectivity index (χ3v) is 3.51. The van der Waals surface area contributed by atoms with Crippen molar-refractivity contribution in [2.24, 2.45) is 0 Å². The average molecular weight is 330 g/mol. The van der Waals surface area contributed by atoms with Crippen LogP contribution in [-0.2, 0) is 6.54 Å². The molecule has 0 fully saturated rings. The van der Waals surface area contributed by atoms with Gasteiger partial charge in [0, 0.05) is 12.6 Å². The molecule has 0 saturated heterocycles. The third-order valence-electron chi connectivity index (χ3n) is 2.92. The lowest BCUT2D eigenvalue weighted by Crippen LogP contribution is -2.24. The van der Waals surface area contributed by atoms with Crippen molar-refractivity contribution in [3.8, 4) is 11.5 Å². The highest BCUT2D eigenvalue weighted by atomic mass is 79.9. The lowest BCUT2D eigenvalue weighted by molar-refractivity contribution is 0.286. The van der Waals surface area contributed by atoms with E-state index >= 15 is 0 Å². The summed E-state index contributed by atoms with van der Waals surface area (Å²) in [6, 6.07) is 4.65. The molecule has 0 aliphatic rings. The van der Waals surface area contributed by atoms with Crippen molar-refractivity contribution in [1.82, 2.24) is 5.32 Å². The summed E-state index contributed by atoms with van der Waals surface area (Å²) in [5.41, 5.74) is 1.19. The molecule has 0 heterocycles. The summed E-state index contributed by atoms with van der Waals surface area (Å²) in [4.78, 5) is 0. The number of hydrogen-bond acceptors (Lipinski definition) is 3. The van der Waals surface area contributed by atoms with Gasteiger partial charge in [0.15, 0.2) is 11.5 Å². The van der Waals surface area contributed by atoms with Crippen LogP contribution in [0.5, 0.6) is 11.5 Å². The van der Waals surface area contributed by atoms with Crippen LogP contribution in [0.15, 0.2) is 16.6 Å². The standard InChI is InChI=1S/C15H24BrNO2/c1-5-11(4)17-10-12-8-13(16)15(19-7-3)14(9-12)18-6-2/h8-9,11,17H,5-7,10H2,1-4H3. The minimum Gasteiger partial charge on any atom is -0.490 e. The summed E-state index contributed by atoms with van der Waals surface area (Å²) >= 11 is 3.56. The lowest BCUT2D eigenvalue weighted by Gasteiger charge is -2.16. The molecule has 0 aliphatic carbocycles. The Morgan fingerprint density at radius 1 is 1.16 bits per heavy atom. The second-order valence-electron chi connectivity index (χ2n) is 4.46. The molecular formula is C15H24BrNO2. The summed E-state index contributed by atoms with van der Waals surface area (Å²) in [6.07, 6.45) is 1.12. The number of hydrogen-bond donors (Lipinski definition) is 1. The zero-order chi connectivity index (χ0) is 14.3. The minimum absolute atomic E-state index is 0.515. The zero-order valence-corrected chi connectivity index (χ0v) is 13.8. The van der Waals surface area contributed by atoms with Gasteiger partial charge in [-0.15, -0.1) is 0 Å². The van der Waals surface area contributed by atoms with E-state index in [9.17, 15) is 0 Å². The summed E-state index contributed by atoms with van der Waals surface area (Å²) in [5, 5.41) is 3.48. The Labute approximate surface area is 124 Å².